The van der Waals surface area contributed by atoms with E-state index >= 15 is 0 Å². The van der Waals surface area contributed by atoms with Crippen LogP contribution in [0, 0.1) is 12.8 Å². The number of aliphatic hydroxyl groups is 1. The van der Waals surface area contributed by atoms with Crippen LogP contribution in [-0.4, -0.2) is 35.9 Å². The zero-order valence-corrected chi connectivity index (χ0v) is 15.9. The minimum absolute atomic E-state index is 0.0665. The van der Waals surface area contributed by atoms with Crippen LogP contribution < -0.4 is 9.47 Å². The van der Waals surface area contributed by atoms with Crippen LogP contribution in [-0.2, 0) is 16.0 Å². The van der Waals surface area contributed by atoms with E-state index in [4.69, 9.17) is 14.2 Å². The van der Waals surface area contributed by atoms with Crippen LogP contribution in [0.5, 0.6) is 11.5 Å². The molecule has 0 amide bonds. The van der Waals surface area contributed by atoms with E-state index in [0.717, 1.165) is 16.7 Å². The normalized spacial score (nSPS) is 24.7. The molecule has 1 saturated carbocycles. The van der Waals surface area contributed by atoms with Crippen molar-refractivity contribution in [3.63, 3.8) is 0 Å². The van der Waals surface area contributed by atoms with Gasteiger partial charge in [0.25, 0.3) is 0 Å². The molecule has 0 aliphatic heterocycles. The Morgan fingerprint density at radius 3 is 2.62 bits per heavy atom. The molecule has 2 aliphatic carbocycles. The molecule has 0 unspecified atom stereocenters. The Bertz CT molecular complexity index is 746. The lowest BCUT2D eigenvalue weighted by Crippen LogP contribution is -2.36. The van der Waals surface area contributed by atoms with Crippen LogP contribution in [0.1, 0.15) is 56.2 Å². The quantitative estimate of drug-likeness (QED) is 0.642. The van der Waals surface area contributed by atoms with Gasteiger partial charge in [-0.1, -0.05) is 0 Å². The molecule has 26 heavy (non-hydrogen) atoms. The summed E-state index contributed by atoms with van der Waals surface area (Å²) in [4.78, 5) is 24.5. The zero-order chi connectivity index (χ0) is 19.2. The van der Waals surface area contributed by atoms with Crippen molar-refractivity contribution in [2.75, 3.05) is 7.11 Å². The highest BCUT2D eigenvalue weighted by molar-refractivity contribution is 5.86. The molecule has 0 spiro atoms. The molecule has 0 radical (unpaired) electrons. The average Bonchev–Trinajstić information content (AvgIpc) is 2.91. The smallest absolute Gasteiger partial charge is 0.493 e. The van der Waals surface area contributed by atoms with Gasteiger partial charge in [0.15, 0.2) is 11.5 Å². The average molecular weight is 362 g/mol. The molecular formula is C20H26O6. The van der Waals surface area contributed by atoms with E-state index in [-0.39, 0.29) is 11.7 Å². The number of ketones is 1. The fourth-order valence-corrected chi connectivity index (χ4v) is 4.12. The number of ether oxygens (including phenoxy) is 3. The molecular weight excluding hydrogens is 336 g/mol. The van der Waals surface area contributed by atoms with E-state index in [1.54, 1.807) is 26.8 Å². The number of carbonyl (C=O) groups excluding carboxylic acids is 2. The highest BCUT2D eigenvalue weighted by atomic mass is 16.7. The lowest BCUT2D eigenvalue weighted by Gasteiger charge is -2.34. The Morgan fingerprint density at radius 1 is 1.31 bits per heavy atom. The van der Waals surface area contributed by atoms with Crippen LogP contribution in [0.15, 0.2) is 6.07 Å². The Labute approximate surface area is 153 Å². The summed E-state index contributed by atoms with van der Waals surface area (Å²) in [5.41, 5.74) is 1.99. The third-order valence-corrected chi connectivity index (χ3v) is 5.12. The van der Waals surface area contributed by atoms with Gasteiger partial charge >= 0.3 is 6.16 Å². The topological polar surface area (TPSA) is 82.1 Å². The van der Waals surface area contributed by atoms with E-state index in [1.807, 2.05) is 6.92 Å². The number of aliphatic hydroxyl groups excluding tert-OH is 1. The number of hydrogen-bond donors (Lipinski definition) is 1. The third-order valence-electron chi connectivity index (χ3n) is 5.12. The number of methoxy groups -OCH3 is 1. The molecule has 0 aromatic heterocycles. The summed E-state index contributed by atoms with van der Waals surface area (Å²) < 4.78 is 16.3. The first-order chi connectivity index (χ1) is 12.1. The fraction of sp³-hybridized carbons (Fsp3) is 0.600. The summed E-state index contributed by atoms with van der Waals surface area (Å²) in [6.45, 7) is 7.22. The van der Waals surface area contributed by atoms with E-state index in [2.05, 4.69) is 0 Å². The van der Waals surface area contributed by atoms with Crippen LogP contribution in [0.25, 0.3) is 0 Å². The van der Waals surface area contributed by atoms with E-state index < -0.39 is 23.8 Å². The van der Waals surface area contributed by atoms with Gasteiger partial charge in [-0.25, -0.2) is 4.79 Å². The monoisotopic (exact) mass is 362 g/mol. The molecule has 1 aromatic carbocycles. The number of benzene rings is 1. The van der Waals surface area contributed by atoms with Crippen molar-refractivity contribution >= 4 is 11.9 Å². The van der Waals surface area contributed by atoms with Crippen molar-refractivity contribution in [1.29, 1.82) is 0 Å². The predicted octanol–water partition coefficient (Wildman–Crippen LogP) is 3.30. The van der Waals surface area contributed by atoms with Gasteiger partial charge in [0.05, 0.1) is 19.1 Å². The largest absolute Gasteiger partial charge is 0.514 e. The van der Waals surface area contributed by atoms with Gasteiger partial charge in [-0.05, 0) is 57.7 Å². The van der Waals surface area contributed by atoms with Gasteiger partial charge in [-0.3, -0.25) is 4.79 Å². The second-order valence-electron chi connectivity index (χ2n) is 8.09. The van der Waals surface area contributed by atoms with Crippen molar-refractivity contribution < 1.29 is 28.9 Å². The Morgan fingerprint density at radius 2 is 2.00 bits per heavy atom. The first-order valence-corrected chi connectivity index (χ1v) is 8.94. The van der Waals surface area contributed by atoms with Gasteiger partial charge in [-0.15, -0.1) is 0 Å². The summed E-state index contributed by atoms with van der Waals surface area (Å²) in [5.74, 6) is 0.180. The molecule has 1 N–H and O–H groups in total. The van der Waals surface area contributed by atoms with Gasteiger partial charge in [0.1, 0.15) is 11.4 Å². The molecule has 0 bridgehead atoms. The Kier molecular flexibility index (Phi) is 4.73. The van der Waals surface area contributed by atoms with Crippen molar-refractivity contribution in [2.45, 2.75) is 64.6 Å². The minimum Gasteiger partial charge on any atom is -0.493 e. The van der Waals surface area contributed by atoms with Crippen LogP contribution in [0.2, 0.25) is 0 Å². The van der Waals surface area contributed by atoms with E-state index in [0.29, 0.717) is 30.8 Å². The zero-order valence-electron chi connectivity index (χ0n) is 15.9. The maximum Gasteiger partial charge on any atom is 0.514 e. The van der Waals surface area contributed by atoms with Gasteiger partial charge < -0.3 is 19.3 Å². The van der Waals surface area contributed by atoms with E-state index in [1.165, 1.54) is 7.11 Å². The number of fused-ring (bicyclic) bond motifs is 3. The fourth-order valence-electron chi connectivity index (χ4n) is 4.12. The molecule has 0 heterocycles. The third kappa shape index (κ3) is 3.30. The second kappa shape index (κ2) is 6.58. The first kappa shape index (κ1) is 18.7. The van der Waals surface area contributed by atoms with Gasteiger partial charge in [-0.2, -0.15) is 0 Å². The highest BCUT2D eigenvalue weighted by Crippen LogP contribution is 2.52. The van der Waals surface area contributed by atoms with E-state index in [9.17, 15) is 14.7 Å². The number of carbonyl (C=O) groups is 2. The van der Waals surface area contributed by atoms with Crippen LogP contribution in [0.3, 0.4) is 0 Å². The maximum absolute atomic E-state index is 12.3. The Hall–Kier alpha value is -2.08. The van der Waals surface area contributed by atoms with Crippen molar-refractivity contribution in [3.05, 3.63) is 22.8 Å². The summed E-state index contributed by atoms with van der Waals surface area (Å²) in [5, 5.41) is 10.5. The molecule has 2 aliphatic rings. The summed E-state index contributed by atoms with van der Waals surface area (Å²) in [7, 11) is 1.51. The molecule has 6 heteroatoms. The SMILES string of the molecule is COc1cc(C)c2c(c1OC(=O)OC(C)(C)C)[C@@H]1CCC(=O)[C@@H]1[C@H](O)C2. The molecule has 0 saturated heterocycles. The van der Waals surface area contributed by atoms with Crippen molar-refractivity contribution in [2.24, 2.45) is 5.92 Å². The first-order valence-electron chi connectivity index (χ1n) is 8.94. The number of aryl methyl sites for hydroxylation is 1. The minimum atomic E-state index is -0.811. The predicted molar refractivity (Wildman–Crippen MR) is 94.8 cm³/mol. The maximum atomic E-state index is 12.3. The molecule has 3 atom stereocenters. The van der Waals surface area contributed by atoms with Crippen molar-refractivity contribution in [1.82, 2.24) is 0 Å². The standard InChI is InChI=1S/C20H26O6/c1-10-8-15(24-5)18(25-19(23)26-20(2,3)4)16-11-6-7-13(21)17(11)14(22)9-12(10)16/h8,11,14,17,22H,6-7,9H2,1-5H3/t11-,14+,17+/m0/s1. The molecule has 1 aromatic rings. The van der Waals surface area contributed by atoms with Crippen molar-refractivity contribution in [3.8, 4) is 11.5 Å². The van der Waals surface area contributed by atoms with Crippen LogP contribution >= 0.6 is 0 Å². The number of Topliss-reactive ketones (excluding diaryl/α,β-unsaturated/α-hetero) is 1. The molecule has 6 nitrogen and oxygen atoms in total. The summed E-state index contributed by atoms with van der Waals surface area (Å²) in [6, 6.07) is 1.79. The van der Waals surface area contributed by atoms with Gasteiger partial charge in [0, 0.05) is 17.9 Å². The second-order valence-corrected chi connectivity index (χ2v) is 8.09. The molecule has 3 rings (SSSR count). The lowest BCUT2D eigenvalue weighted by molar-refractivity contribution is -0.124. The lowest BCUT2D eigenvalue weighted by atomic mass is 9.73. The molecule has 1 fully saturated rings. The Balaban J connectivity index is 2.08. The highest BCUT2D eigenvalue weighted by Gasteiger charge is 2.47. The molecule has 142 valence electrons. The van der Waals surface area contributed by atoms with Gasteiger partial charge in [0.2, 0.25) is 0 Å². The summed E-state index contributed by atoms with van der Waals surface area (Å²) >= 11 is 0. The number of rotatable bonds is 2. The summed E-state index contributed by atoms with van der Waals surface area (Å²) in [6.07, 6.45) is -0.0977. The van der Waals surface area contributed by atoms with Crippen LogP contribution in [0.4, 0.5) is 4.79 Å². The number of hydrogen-bond acceptors (Lipinski definition) is 6.